The second-order valence-corrected chi connectivity index (χ2v) is 20.1. The van der Waals surface area contributed by atoms with Crippen LogP contribution in [0, 0.1) is 0 Å². The van der Waals surface area contributed by atoms with E-state index in [-0.39, 0.29) is 0 Å². The van der Waals surface area contributed by atoms with Gasteiger partial charge in [0.2, 0.25) is 0 Å². The number of benzene rings is 4. The molecule has 0 saturated heterocycles. The van der Waals surface area contributed by atoms with E-state index >= 15 is 0 Å². The van der Waals surface area contributed by atoms with Crippen LogP contribution in [-0.4, -0.2) is 18.4 Å². The third-order valence-corrected chi connectivity index (χ3v) is 20.5. The number of rotatable bonds is 8. The molecular weight excluding hydrogens is 455 g/mol. The molecule has 0 aliphatic heterocycles. The van der Waals surface area contributed by atoms with Crippen LogP contribution < -0.4 is 7.16 Å². The zero-order chi connectivity index (χ0) is 19.8. The van der Waals surface area contributed by atoms with Gasteiger partial charge in [0.25, 0.3) is 0 Å². The number of aryl methyl sites for hydroxylation is 2. The van der Waals surface area contributed by atoms with Gasteiger partial charge in [0.15, 0.2) is 0 Å². The summed E-state index contributed by atoms with van der Waals surface area (Å²) < 4.78 is 5.86. The van der Waals surface area contributed by atoms with Crippen molar-refractivity contribution >= 4 is 25.5 Å². The molecule has 0 unspecified atom stereocenters. The van der Waals surface area contributed by atoms with Gasteiger partial charge in [-0.15, -0.1) is 0 Å². The fourth-order valence-corrected chi connectivity index (χ4v) is 18.2. The maximum atomic E-state index is 2.40. The molecule has 0 aromatic heterocycles. The van der Waals surface area contributed by atoms with E-state index in [1.54, 1.807) is 7.16 Å². The van der Waals surface area contributed by atoms with Crippen LogP contribution in [0.5, 0.6) is 0 Å². The Morgan fingerprint density at radius 3 is 1.03 bits per heavy atom. The molecule has 0 spiro atoms. The van der Waals surface area contributed by atoms with E-state index in [9.17, 15) is 0 Å². The van der Waals surface area contributed by atoms with Gasteiger partial charge in [-0.2, -0.15) is 0 Å². The summed E-state index contributed by atoms with van der Waals surface area (Å²) in [5, 5.41) is 0. The van der Waals surface area contributed by atoms with Gasteiger partial charge in [-0.25, -0.2) is 0 Å². The predicted octanol–water partition coefficient (Wildman–Crippen LogP) is 5.74. The van der Waals surface area contributed by atoms with E-state index in [4.69, 9.17) is 0 Å². The van der Waals surface area contributed by atoms with E-state index in [2.05, 4.69) is 121 Å². The normalized spacial score (nSPS) is 11.3. The molecule has 0 nitrogen and oxygen atoms in total. The molecule has 0 fully saturated rings. The second-order valence-electron chi connectivity index (χ2n) is 7.79. The minimum atomic E-state index is -2.89. The topological polar surface area (TPSA) is 0 Å². The Hall–Kier alpha value is -2.32. The second kappa shape index (κ2) is 9.93. The molecule has 4 rings (SSSR count). The van der Waals surface area contributed by atoms with E-state index < -0.39 is 18.4 Å². The summed E-state index contributed by atoms with van der Waals surface area (Å²) in [6.07, 6.45) is 2.32. The molecule has 0 heterocycles. The van der Waals surface area contributed by atoms with Gasteiger partial charge in [0.05, 0.1) is 0 Å². The van der Waals surface area contributed by atoms with Crippen LogP contribution in [0.15, 0.2) is 121 Å². The number of hydrogen-bond donors (Lipinski definition) is 0. The van der Waals surface area contributed by atoms with Gasteiger partial charge in [0, 0.05) is 0 Å². The molecule has 0 saturated carbocycles. The summed E-state index contributed by atoms with van der Waals surface area (Å²) in [6.45, 7) is 0. The third-order valence-electron chi connectivity index (χ3n) is 6.02. The van der Waals surface area contributed by atoms with Crippen LogP contribution >= 0.6 is 0 Å². The van der Waals surface area contributed by atoms with Crippen molar-refractivity contribution in [2.24, 2.45) is 0 Å². The van der Waals surface area contributed by atoms with Gasteiger partial charge in [-0.1, -0.05) is 0 Å². The number of hydrogen-bond acceptors (Lipinski definition) is 0. The van der Waals surface area contributed by atoms with Gasteiger partial charge in [-0.05, 0) is 0 Å². The Morgan fingerprint density at radius 1 is 0.379 bits per heavy atom. The Morgan fingerprint density at radius 2 is 0.690 bits per heavy atom. The molecule has 0 amide bonds. The summed E-state index contributed by atoms with van der Waals surface area (Å²) in [7, 11) is 0. The van der Waals surface area contributed by atoms with Crippen molar-refractivity contribution in [2.45, 2.75) is 21.7 Å². The minimum absolute atomic E-state index is 1.16. The van der Waals surface area contributed by atoms with Crippen LogP contribution in [0.1, 0.15) is 11.1 Å². The Bertz CT molecular complexity index is 894. The third kappa shape index (κ3) is 5.00. The molecule has 0 aliphatic rings. The summed E-state index contributed by atoms with van der Waals surface area (Å²) in [6, 6.07) is 44.9. The van der Waals surface area contributed by atoms with Crippen LogP contribution in [0.4, 0.5) is 0 Å². The van der Waals surface area contributed by atoms with Crippen LogP contribution in [-0.2, 0) is 12.8 Å². The van der Waals surface area contributed by atoms with Crippen molar-refractivity contribution in [3.63, 3.8) is 0 Å². The van der Waals surface area contributed by atoms with Gasteiger partial charge >= 0.3 is 180 Å². The molecule has 0 N–H and O–H groups in total. The van der Waals surface area contributed by atoms with Gasteiger partial charge in [-0.3, -0.25) is 0 Å². The van der Waals surface area contributed by atoms with E-state index in [1.807, 2.05) is 0 Å². The quantitative estimate of drug-likeness (QED) is 0.281. The average molecular weight is 483 g/mol. The summed E-state index contributed by atoms with van der Waals surface area (Å²) in [5.74, 6) is 0. The zero-order valence-electron chi connectivity index (χ0n) is 16.9. The molecule has 0 bridgehead atoms. The van der Waals surface area contributed by atoms with Gasteiger partial charge in [0.1, 0.15) is 0 Å². The van der Waals surface area contributed by atoms with E-state index in [0.717, 1.165) is 12.8 Å². The van der Waals surface area contributed by atoms with Crippen LogP contribution in [0.2, 0.25) is 8.87 Å². The zero-order valence-corrected chi connectivity index (χ0v) is 19.7. The SMILES string of the molecule is c1ccc(C[CH2][Sn]([CH2]Cc2ccccc2)([c]2ccccc2)[c]2ccccc2)cc1. The first-order valence-corrected chi connectivity index (χ1v) is 17.4. The summed E-state index contributed by atoms with van der Waals surface area (Å²) in [4.78, 5) is 0. The first-order chi connectivity index (χ1) is 14.4. The van der Waals surface area contributed by atoms with Crippen molar-refractivity contribution in [1.82, 2.24) is 0 Å². The van der Waals surface area contributed by atoms with Gasteiger partial charge < -0.3 is 0 Å². The fourth-order valence-electron chi connectivity index (χ4n) is 4.39. The molecular formula is C28H28Sn. The van der Waals surface area contributed by atoms with E-state index in [0.29, 0.717) is 0 Å². The molecule has 0 aliphatic carbocycles. The van der Waals surface area contributed by atoms with Crippen LogP contribution in [0.25, 0.3) is 0 Å². The van der Waals surface area contributed by atoms with Crippen molar-refractivity contribution in [3.8, 4) is 0 Å². The molecule has 29 heavy (non-hydrogen) atoms. The summed E-state index contributed by atoms with van der Waals surface area (Å²) in [5.41, 5.74) is 2.92. The predicted molar refractivity (Wildman–Crippen MR) is 128 cm³/mol. The standard InChI is InChI=1S/2C8H9.2C6H5.Sn/c2*1-2-8-6-4-3-5-7-8;2*1-2-4-6-5-3-1;/h2*3-7H,1-2H2;2*1-5H;. The first kappa shape index (κ1) is 20.0. The molecule has 4 aromatic carbocycles. The van der Waals surface area contributed by atoms with Crippen LogP contribution in [0.3, 0.4) is 0 Å². The molecule has 1 heteroatoms. The van der Waals surface area contributed by atoms with E-state index in [1.165, 1.54) is 20.0 Å². The molecule has 144 valence electrons. The molecule has 0 radical (unpaired) electrons. The van der Waals surface area contributed by atoms with Crippen molar-refractivity contribution in [3.05, 3.63) is 132 Å². The Labute approximate surface area is 179 Å². The van der Waals surface area contributed by atoms with Crippen molar-refractivity contribution < 1.29 is 0 Å². The van der Waals surface area contributed by atoms with Crippen molar-refractivity contribution in [1.29, 1.82) is 0 Å². The molecule has 4 aromatic rings. The monoisotopic (exact) mass is 484 g/mol. The average Bonchev–Trinajstić information content (AvgIpc) is 2.82. The first-order valence-electron chi connectivity index (χ1n) is 10.6. The fraction of sp³-hybridized carbons (Fsp3) is 0.143. The Balaban J connectivity index is 1.73. The maximum absolute atomic E-state index is 2.89. The Kier molecular flexibility index (Phi) is 6.84. The summed E-state index contributed by atoms with van der Waals surface area (Å²) >= 11 is -2.89. The molecule has 0 atom stereocenters. The van der Waals surface area contributed by atoms with Crippen molar-refractivity contribution in [2.75, 3.05) is 0 Å².